The van der Waals surface area contributed by atoms with Crippen molar-refractivity contribution in [2.24, 2.45) is 0 Å². The summed E-state index contributed by atoms with van der Waals surface area (Å²) in [4.78, 5) is 14.5. The number of amides is 1. The van der Waals surface area contributed by atoms with Crippen LogP contribution in [0.1, 0.15) is 25.0 Å². The topological polar surface area (TPSA) is 47.4 Å². The maximum Gasteiger partial charge on any atom is 0.266 e. The maximum absolute atomic E-state index is 12.9. The average Bonchev–Trinajstić information content (AvgIpc) is 3.10. The molecule has 0 aliphatic carbocycles. The second-order valence-corrected chi connectivity index (χ2v) is 7.70. The lowest BCUT2D eigenvalue weighted by Gasteiger charge is -2.30. The second-order valence-electron chi connectivity index (χ2n) is 7.26. The van der Waals surface area contributed by atoms with Crippen LogP contribution in [0.4, 0.5) is 0 Å². The predicted octanol–water partition coefficient (Wildman–Crippen LogP) is 4.40. The number of rotatable bonds is 7. The first-order valence-electron chi connectivity index (χ1n) is 9.09. The van der Waals surface area contributed by atoms with Crippen molar-refractivity contribution >= 4 is 17.5 Å². The van der Waals surface area contributed by atoms with Crippen LogP contribution in [0.25, 0.3) is 0 Å². The smallest absolute Gasteiger partial charge is 0.266 e. The average molecular weight is 398 g/mol. The highest BCUT2D eigenvalue weighted by Gasteiger charge is 2.33. The first kappa shape index (κ1) is 20.0. The number of carbonyl (C=O) groups is 1. The van der Waals surface area contributed by atoms with Crippen LogP contribution in [0.3, 0.4) is 0 Å². The Kier molecular flexibility index (Phi) is 6.05. The molecule has 0 aliphatic heterocycles. The number of aromatic nitrogens is 2. The van der Waals surface area contributed by atoms with Crippen molar-refractivity contribution in [2.45, 2.75) is 32.5 Å². The largest absolute Gasteiger partial charge is 0.478 e. The summed E-state index contributed by atoms with van der Waals surface area (Å²) in [7, 11) is 1.77. The molecule has 0 radical (unpaired) electrons. The van der Waals surface area contributed by atoms with Crippen molar-refractivity contribution in [3.63, 3.8) is 0 Å². The zero-order chi connectivity index (χ0) is 20.1. The molecule has 28 heavy (non-hydrogen) atoms. The van der Waals surface area contributed by atoms with Crippen LogP contribution in [-0.4, -0.2) is 33.2 Å². The van der Waals surface area contributed by atoms with Gasteiger partial charge in [0.1, 0.15) is 5.75 Å². The van der Waals surface area contributed by atoms with Crippen LogP contribution in [0.5, 0.6) is 5.75 Å². The fraction of sp³-hybridized carbons (Fsp3) is 0.273. The Morgan fingerprint density at radius 1 is 1.11 bits per heavy atom. The van der Waals surface area contributed by atoms with Crippen molar-refractivity contribution in [3.8, 4) is 5.75 Å². The third kappa shape index (κ3) is 5.14. The molecule has 3 rings (SSSR count). The van der Waals surface area contributed by atoms with Gasteiger partial charge in [-0.3, -0.25) is 9.48 Å². The van der Waals surface area contributed by atoms with Gasteiger partial charge in [-0.15, -0.1) is 0 Å². The highest BCUT2D eigenvalue weighted by molar-refractivity contribution is 6.30. The molecule has 0 N–H and O–H groups in total. The summed E-state index contributed by atoms with van der Waals surface area (Å²) in [5.41, 5.74) is 1.15. The van der Waals surface area contributed by atoms with Crippen LogP contribution in [-0.2, 0) is 17.9 Å². The molecule has 0 bridgehead atoms. The van der Waals surface area contributed by atoms with E-state index in [2.05, 4.69) is 17.2 Å². The summed E-state index contributed by atoms with van der Waals surface area (Å²) >= 11 is 5.90. The molecule has 0 spiro atoms. The van der Waals surface area contributed by atoms with Crippen LogP contribution in [0.15, 0.2) is 67.0 Å². The van der Waals surface area contributed by atoms with E-state index in [0.29, 0.717) is 23.9 Å². The molecule has 1 aromatic heterocycles. The van der Waals surface area contributed by atoms with Crippen molar-refractivity contribution in [3.05, 3.63) is 83.1 Å². The van der Waals surface area contributed by atoms with Gasteiger partial charge in [-0.05, 0) is 43.7 Å². The normalized spacial score (nSPS) is 11.3. The number of ether oxygens (including phenoxy) is 1. The van der Waals surface area contributed by atoms with Gasteiger partial charge in [-0.25, -0.2) is 0 Å². The monoisotopic (exact) mass is 397 g/mol. The number of halogens is 1. The Balaban J connectivity index is 1.61. The first-order valence-corrected chi connectivity index (χ1v) is 9.47. The molecule has 5 nitrogen and oxygen atoms in total. The Morgan fingerprint density at radius 3 is 2.46 bits per heavy atom. The minimum atomic E-state index is -0.997. The zero-order valence-corrected chi connectivity index (χ0v) is 17.1. The summed E-state index contributed by atoms with van der Waals surface area (Å²) in [5, 5.41) is 5.02. The molecule has 2 aromatic carbocycles. The Morgan fingerprint density at radius 2 is 1.79 bits per heavy atom. The molecule has 0 atom stereocenters. The Bertz CT molecular complexity index is 920. The molecule has 6 heteroatoms. The van der Waals surface area contributed by atoms with Crippen molar-refractivity contribution in [1.82, 2.24) is 14.7 Å². The van der Waals surface area contributed by atoms with E-state index >= 15 is 0 Å². The third-order valence-corrected chi connectivity index (χ3v) is 4.59. The van der Waals surface area contributed by atoms with Gasteiger partial charge < -0.3 is 9.64 Å². The van der Waals surface area contributed by atoms with E-state index in [0.717, 1.165) is 5.56 Å². The lowest BCUT2D eigenvalue weighted by molar-refractivity contribution is -0.144. The van der Waals surface area contributed by atoms with Crippen LogP contribution in [0, 0.1) is 0 Å². The fourth-order valence-electron chi connectivity index (χ4n) is 2.99. The van der Waals surface area contributed by atoms with Crippen LogP contribution in [0.2, 0.25) is 5.02 Å². The predicted molar refractivity (Wildman–Crippen MR) is 110 cm³/mol. The summed E-state index contributed by atoms with van der Waals surface area (Å²) in [5.74, 6) is 0.491. The number of hydrogen-bond donors (Lipinski definition) is 0. The minimum absolute atomic E-state index is 0.113. The standard InChI is InChI=1S/C22H24ClN3O2/c1-22(2,28-20-11-9-19(23)10-12-20)21(27)25(3)14-18-13-24-26(16-18)15-17-7-5-4-6-8-17/h4-13,16H,14-15H2,1-3H3. The summed E-state index contributed by atoms with van der Waals surface area (Å²) in [6.45, 7) is 4.68. The molecular formula is C22H24ClN3O2. The van der Waals surface area contributed by atoms with E-state index in [9.17, 15) is 4.79 Å². The third-order valence-electron chi connectivity index (χ3n) is 4.34. The lowest BCUT2D eigenvalue weighted by Crippen LogP contribution is -2.47. The van der Waals surface area contributed by atoms with Crippen molar-refractivity contribution in [1.29, 1.82) is 0 Å². The first-order chi connectivity index (χ1) is 13.3. The molecular weight excluding hydrogens is 374 g/mol. The van der Waals surface area contributed by atoms with E-state index in [4.69, 9.17) is 16.3 Å². The molecule has 1 amide bonds. The minimum Gasteiger partial charge on any atom is -0.478 e. The molecule has 0 aliphatic rings. The maximum atomic E-state index is 12.9. The van der Waals surface area contributed by atoms with Crippen LogP contribution < -0.4 is 4.74 Å². The second kappa shape index (κ2) is 8.48. The summed E-state index contributed by atoms with van der Waals surface area (Å²) < 4.78 is 7.76. The van der Waals surface area contributed by atoms with E-state index in [1.807, 2.05) is 29.1 Å². The van der Waals surface area contributed by atoms with Crippen LogP contribution >= 0.6 is 11.6 Å². The van der Waals surface area contributed by atoms with Crippen molar-refractivity contribution < 1.29 is 9.53 Å². The molecule has 3 aromatic rings. The molecule has 1 heterocycles. The highest BCUT2D eigenvalue weighted by Crippen LogP contribution is 2.22. The number of hydrogen-bond acceptors (Lipinski definition) is 3. The van der Waals surface area contributed by atoms with Gasteiger partial charge in [0.2, 0.25) is 0 Å². The van der Waals surface area contributed by atoms with E-state index in [-0.39, 0.29) is 5.91 Å². The van der Waals surface area contributed by atoms with Gasteiger partial charge in [0, 0.05) is 30.4 Å². The molecule has 0 saturated carbocycles. The molecule has 146 valence electrons. The molecule has 0 fully saturated rings. The SMILES string of the molecule is CN(Cc1cnn(Cc2ccccc2)c1)C(=O)C(C)(C)Oc1ccc(Cl)cc1. The highest BCUT2D eigenvalue weighted by atomic mass is 35.5. The van der Waals surface area contributed by atoms with Gasteiger partial charge in [-0.1, -0.05) is 41.9 Å². The summed E-state index contributed by atoms with van der Waals surface area (Å²) in [6.07, 6.45) is 3.75. The summed E-state index contributed by atoms with van der Waals surface area (Å²) in [6, 6.07) is 17.1. The number of nitrogens with zero attached hydrogens (tertiary/aromatic N) is 3. The molecule has 0 unspecified atom stereocenters. The van der Waals surface area contributed by atoms with Crippen molar-refractivity contribution in [2.75, 3.05) is 7.05 Å². The quantitative estimate of drug-likeness (QED) is 0.593. The van der Waals surface area contributed by atoms with Gasteiger partial charge in [0.25, 0.3) is 5.91 Å². The van der Waals surface area contributed by atoms with E-state index in [1.54, 1.807) is 56.3 Å². The van der Waals surface area contributed by atoms with Gasteiger partial charge in [0.05, 0.1) is 12.7 Å². The van der Waals surface area contributed by atoms with Gasteiger partial charge >= 0.3 is 0 Å². The fourth-order valence-corrected chi connectivity index (χ4v) is 3.12. The van der Waals surface area contributed by atoms with Gasteiger partial charge in [0.15, 0.2) is 5.60 Å². The Labute approximate surface area is 170 Å². The number of carbonyl (C=O) groups excluding carboxylic acids is 1. The van der Waals surface area contributed by atoms with Gasteiger partial charge in [-0.2, -0.15) is 5.10 Å². The van der Waals surface area contributed by atoms with E-state index in [1.165, 1.54) is 5.56 Å². The molecule has 0 saturated heterocycles. The Hall–Kier alpha value is -2.79. The van der Waals surface area contributed by atoms with E-state index < -0.39 is 5.60 Å². The number of likely N-dealkylation sites (N-methyl/N-ethyl adjacent to an activating group) is 1. The zero-order valence-electron chi connectivity index (χ0n) is 16.3. The lowest BCUT2D eigenvalue weighted by atomic mass is 10.1. The number of benzene rings is 2.